The van der Waals surface area contributed by atoms with E-state index < -0.39 is 0 Å². The fraction of sp³-hybridized carbons (Fsp3) is 0.500. The predicted octanol–water partition coefficient (Wildman–Crippen LogP) is 2.97. The number of alkyl halides is 1. The first-order chi connectivity index (χ1) is 7.88. The smallest absolute Gasteiger partial charge is 0.160 e. The Bertz CT molecular complexity index is 502. The zero-order valence-electron chi connectivity index (χ0n) is 9.06. The highest BCUT2D eigenvalue weighted by Crippen LogP contribution is 2.33. The summed E-state index contributed by atoms with van der Waals surface area (Å²) in [6, 6.07) is 3.91. The molecule has 0 radical (unpaired) electrons. The van der Waals surface area contributed by atoms with E-state index in [-0.39, 0.29) is 0 Å². The molecule has 0 saturated heterocycles. The molecule has 2 heterocycles. The van der Waals surface area contributed by atoms with Gasteiger partial charge in [0.05, 0.1) is 5.88 Å². The minimum Gasteiger partial charge on any atom is -0.312 e. The number of halogens is 1. The summed E-state index contributed by atoms with van der Waals surface area (Å²) in [6.45, 7) is 1.00. The molecule has 0 amide bonds. The first kappa shape index (κ1) is 10.1. The molecule has 16 heavy (non-hydrogen) atoms. The van der Waals surface area contributed by atoms with Gasteiger partial charge in [0.15, 0.2) is 5.65 Å². The summed E-state index contributed by atoms with van der Waals surface area (Å²) in [5.74, 6) is 2.32. The van der Waals surface area contributed by atoms with Gasteiger partial charge >= 0.3 is 0 Å². The van der Waals surface area contributed by atoms with Gasteiger partial charge in [0.1, 0.15) is 11.3 Å². The third-order valence-electron chi connectivity index (χ3n) is 3.16. The zero-order chi connectivity index (χ0) is 11.0. The number of imidazole rings is 1. The van der Waals surface area contributed by atoms with Crippen LogP contribution in [0.1, 0.15) is 25.1 Å². The molecular formula is C12H14ClN3. The van der Waals surface area contributed by atoms with Crippen molar-refractivity contribution in [1.82, 2.24) is 14.5 Å². The van der Waals surface area contributed by atoms with Crippen LogP contribution in [-0.4, -0.2) is 14.5 Å². The zero-order valence-corrected chi connectivity index (χ0v) is 9.82. The topological polar surface area (TPSA) is 30.7 Å². The van der Waals surface area contributed by atoms with Gasteiger partial charge in [-0.15, -0.1) is 11.6 Å². The van der Waals surface area contributed by atoms with Crippen LogP contribution in [0.3, 0.4) is 0 Å². The highest BCUT2D eigenvalue weighted by atomic mass is 35.5. The highest BCUT2D eigenvalue weighted by molar-refractivity contribution is 6.16. The predicted molar refractivity (Wildman–Crippen MR) is 64.4 cm³/mol. The second-order valence-corrected chi connectivity index (χ2v) is 4.66. The SMILES string of the molecule is ClCc1nc2cccnc2n1CCC1CC1. The van der Waals surface area contributed by atoms with Gasteiger partial charge in [0.25, 0.3) is 0 Å². The number of nitrogens with zero attached hydrogens (tertiary/aromatic N) is 3. The highest BCUT2D eigenvalue weighted by Gasteiger charge is 2.21. The number of aryl methyl sites for hydroxylation is 1. The molecule has 3 rings (SSSR count). The quantitative estimate of drug-likeness (QED) is 0.763. The number of pyridine rings is 1. The fourth-order valence-electron chi connectivity index (χ4n) is 2.06. The molecule has 1 aliphatic carbocycles. The average molecular weight is 236 g/mol. The lowest BCUT2D eigenvalue weighted by atomic mass is 10.3. The average Bonchev–Trinajstić information content (AvgIpc) is 3.07. The van der Waals surface area contributed by atoms with Crippen LogP contribution in [0, 0.1) is 5.92 Å². The summed E-state index contributed by atoms with van der Waals surface area (Å²) < 4.78 is 2.17. The van der Waals surface area contributed by atoms with E-state index in [2.05, 4.69) is 14.5 Å². The molecule has 84 valence electrons. The van der Waals surface area contributed by atoms with Crippen molar-refractivity contribution in [2.24, 2.45) is 5.92 Å². The third-order valence-corrected chi connectivity index (χ3v) is 3.40. The Kier molecular flexibility index (Phi) is 2.56. The second kappa shape index (κ2) is 4.06. The largest absolute Gasteiger partial charge is 0.312 e. The summed E-state index contributed by atoms with van der Waals surface area (Å²) in [4.78, 5) is 8.89. The van der Waals surface area contributed by atoms with Crippen molar-refractivity contribution in [2.45, 2.75) is 31.7 Å². The molecule has 2 aromatic heterocycles. The molecule has 0 unspecified atom stereocenters. The minimum atomic E-state index is 0.459. The first-order valence-corrected chi connectivity index (χ1v) is 6.28. The Morgan fingerprint density at radius 2 is 2.31 bits per heavy atom. The molecule has 3 nitrogen and oxygen atoms in total. The van der Waals surface area contributed by atoms with Crippen molar-refractivity contribution in [3.63, 3.8) is 0 Å². The van der Waals surface area contributed by atoms with E-state index in [0.717, 1.165) is 29.5 Å². The molecule has 2 aromatic rings. The monoisotopic (exact) mass is 235 g/mol. The number of aromatic nitrogens is 3. The summed E-state index contributed by atoms with van der Waals surface area (Å²) in [5.41, 5.74) is 1.92. The van der Waals surface area contributed by atoms with Gasteiger partial charge in [-0.25, -0.2) is 9.97 Å². The normalized spacial score (nSPS) is 15.8. The first-order valence-electron chi connectivity index (χ1n) is 5.74. The third kappa shape index (κ3) is 1.80. The number of hydrogen-bond acceptors (Lipinski definition) is 2. The van der Waals surface area contributed by atoms with Crippen molar-refractivity contribution in [3.8, 4) is 0 Å². The van der Waals surface area contributed by atoms with Crippen molar-refractivity contribution < 1.29 is 0 Å². The maximum atomic E-state index is 5.92. The van der Waals surface area contributed by atoms with Gasteiger partial charge in [-0.1, -0.05) is 12.8 Å². The van der Waals surface area contributed by atoms with Gasteiger partial charge in [-0.3, -0.25) is 0 Å². The summed E-state index contributed by atoms with van der Waals surface area (Å²) in [5, 5.41) is 0. The van der Waals surface area contributed by atoms with Gasteiger partial charge in [-0.05, 0) is 24.5 Å². The molecule has 0 spiro atoms. The van der Waals surface area contributed by atoms with Crippen molar-refractivity contribution >= 4 is 22.8 Å². The Balaban J connectivity index is 1.97. The lowest BCUT2D eigenvalue weighted by Gasteiger charge is -2.05. The van der Waals surface area contributed by atoms with E-state index in [1.54, 1.807) is 0 Å². The molecule has 4 heteroatoms. The van der Waals surface area contributed by atoms with E-state index >= 15 is 0 Å². The van der Waals surface area contributed by atoms with Crippen molar-refractivity contribution in [1.29, 1.82) is 0 Å². The van der Waals surface area contributed by atoms with E-state index in [4.69, 9.17) is 11.6 Å². The van der Waals surface area contributed by atoms with E-state index in [9.17, 15) is 0 Å². The lowest BCUT2D eigenvalue weighted by molar-refractivity contribution is 0.591. The van der Waals surface area contributed by atoms with Gasteiger partial charge in [0, 0.05) is 12.7 Å². The Hall–Kier alpha value is -1.09. The summed E-state index contributed by atoms with van der Waals surface area (Å²) in [7, 11) is 0. The van der Waals surface area contributed by atoms with E-state index in [1.165, 1.54) is 19.3 Å². The van der Waals surface area contributed by atoms with Crippen LogP contribution in [0.4, 0.5) is 0 Å². The Labute approximate surface area is 99.5 Å². The molecule has 0 N–H and O–H groups in total. The molecule has 0 atom stereocenters. The van der Waals surface area contributed by atoms with Crippen molar-refractivity contribution in [3.05, 3.63) is 24.2 Å². The van der Waals surface area contributed by atoms with Crippen LogP contribution in [-0.2, 0) is 12.4 Å². The minimum absolute atomic E-state index is 0.459. The molecule has 0 aliphatic heterocycles. The molecule has 0 bridgehead atoms. The van der Waals surface area contributed by atoms with Crippen LogP contribution < -0.4 is 0 Å². The number of hydrogen-bond donors (Lipinski definition) is 0. The summed E-state index contributed by atoms with van der Waals surface area (Å²) >= 11 is 5.92. The molecule has 1 fully saturated rings. The van der Waals surface area contributed by atoms with Gasteiger partial charge in [0.2, 0.25) is 0 Å². The molecule has 1 aliphatic rings. The van der Waals surface area contributed by atoms with Crippen LogP contribution >= 0.6 is 11.6 Å². The van der Waals surface area contributed by atoms with E-state index in [1.807, 2.05) is 18.3 Å². The molecule has 0 aromatic carbocycles. The molecular weight excluding hydrogens is 222 g/mol. The van der Waals surface area contributed by atoms with Crippen LogP contribution in [0.15, 0.2) is 18.3 Å². The van der Waals surface area contributed by atoms with E-state index in [0.29, 0.717) is 5.88 Å². The standard InChI is InChI=1S/C12H14ClN3/c13-8-11-15-10-2-1-6-14-12(10)16(11)7-5-9-3-4-9/h1-2,6,9H,3-5,7-8H2. The maximum Gasteiger partial charge on any atom is 0.160 e. The lowest BCUT2D eigenvalue weighted by Crippen LogP contribution is -2.04. The molecule has 1 saturated carbocycles. The van der Waals surface area contributed by atoms with Crippen LogP contribution in [0.2, 0.25) is 0 Å². The van der Waals surface area contributed by atoms with Gasteiger partial charge in [-0.2, -0.15) is 0 Å². The summed E-state index contributed by atoms with van der Waals surface area (Å²) in [6.07, 6.45) is 5.81. The Morgan fingerprint density at radius 3 is 3.06 bits per heavy atom. The van der Waals surface area contributed by atoms with Gasteiger partial charge < -0.3 is 4.57 Å². The second-order valence-electron chi connectivity index (χ2n) is 4.39. The van der Waals surface area contributed by atoms with Crippen molar-refractivity contribution in [2.75, 3.05) is 0 Å². The number of rotatable bonds is 4. The van der Waals surface area contributed by atoms with Crippen LogP contribution in [0.25, 0.3) is 11.2 Å². The maximum absolute atomic E-state index is 5.92. The number of fused-ring (bicyclic) bond motifs is 1. The Morgan fingerprint density at radius 1 is 1.44 bits per heavy atom. The fourth-order valence-corrected chi connectivity index (χ4v) is 2.26. The van der Waals surface area contributed by atoms with Crippen LogP contribution in [0.5, 0.6) is 0 Å².